The average Bonchev–Trinajstić information content (AvgIpc) is 2.60. The van der Waals surface area contributed by atoms with E-state index >= 15 is 0 Å². The van der Waals surface area contributed by atoms with E-state index in [0.717, 1.165) is 32.1 Å². The molecule has 0 bridgehead atoms. The van der Waals surface area contributed by atoms with Crippen molar-refractivity contribution in [1.82, 2.24) is 16.0 Å². The van der Waals surface area contributed by atoms with Crippen LogP contribution in [0.25, 0.3) is 0 Å². The van der Waals surface area contributed by atoms with Gasteiger partial charge in [0.25, 0.3) is 0 Å². The van der Waals surface area contributed by atoms with Crippen LogP contribution in [0.15, 0.2) is 4.99 Å². The second-order valence-corrected chi connectivity index (χ2v) is 7.31. The number of guanidine groups is 1. The normalized spacial score (nSPS) is 15.5. The number of rotatable bonds is 11. The minimum Gasteiger partial charge on any atom is -0.381 e. The van der Waals surface area contributed by atoms with Crippen molar-refractivity contribution in [2.24, 2.45) is 16.8 Å². The van der Waals surface area contributed by atoms with Crippen LogP contribution in [-0.4, -0.2) is 51.8 Å². The lowest BCUT2D eigenvalue weighted by atomic mass is 9.87. The molecule has 1 rings (SSSR count). The zero-order valence-corrected chi connectivity index (χ0v) is 19.1. The lowest BCUT2D eigenvalue weighted by Crippen LogP contribution is -2.42. The summed E-state index contributed by atoms with van der Waals surface area (Å²) in [5.74, 6) is 2.12. The molecule has 0 radical (unpaired) electrons. The van der Waals surface area contributed by atoms with Gasteiger partial charge in [0.15, 0.2) is 5.96 Å². The molecule has 0 saturated heterocycles. The van der Waals surface area contributed by atoms with Crippen LogP contribution >= 0.6 is 24.0 Å². The van der Waals surface area contributed by atoms with E-state index in [1.165, 1.54) is 32.1 Å². The van der Waals surface area contributed by atoms with Gasteiger partial charge >= 0.3 is 0 Å². The van der Waals surface area contributed by atoms with E-state index in [1.54, 1.807) is 7.05 Å². The van der Waals surface area contributed by atoms with Crippen molar-refractivity contribution in [3.8, 4) is 0 Å². The van der Waals surface area contributed by atoms with Crippen LogP contribution in [0, 0.1) is 11.8 Å². The quantitative estimate of drug-likeness (QED) is 0.183. The monoisotopic (exact) mass is 482 g/mol. The third-order valence-corrected chi connectivity index (χ3v) is 4.37. The molecule has 1 fully saturated rings. The largest absolute Gasteiger partial charge is 0.381 e. The van der Waals surface area contributed by atoms with Crippen LogP contribution in [0.2, 0.25) is 0 Å². The molecule has 154 valence electrons. The van der Waals surface area contributed by atoms with Crippen LogP contribution in [0.4, 0.5) is 0 Å². The predicted octanol–water partition coefficient (Wildman–Crippen LogP) is 2.92. The molecule has 1 amide bonds. The molecule has 1 saturated carbocycles. The second-order valence-electron chi connectivity index (χ2n) is 7.31. The molecule has 0 unspecified atom stereocenters. The fourth-order valence-corrected chi connectivity index (χ4v) is 3.03. The third-order valence-electron chi connectivity index (χ3n) is 4.37. The molecule has 1 aliphatic rings. The van der Waals surface area contributed by atoms with Crippen molar-refractivity contribution in [3.05, 3.63) is 0 Å². The molecule has 1 aliphatic carbocycles. The molecule has 0 spiro atoms. The van der Waals surface area contributed by atoms with Gasteiger partial charge in [0.05, 0.1) is 0 Å². The van der Waals surface area contributed by atoms with Gasteiger partial charge in [-0.15, -0.1) is 24.0 Å². The van der Waals surface area contributed by atoms with Gasteiger partial charge in [0.2, 0.25) is 5.91 Å². The Morgan fingerprint density at radius 2 is 1.73 bits per heavy atom. The van der Waals surface area contributed by atoms with Gasteiger partial charge in [0, 0.05) is 46.3 Å². The maximum Gasteiger partial charge on any atom is 0.220 e. The Kier molecular flexibility index (Phi) is 16.2. The van der Waals surface area contributed by atoms with Gasteiger partial charge < -0.3 is 20.7 Å². The summed E-state index contributed by atoms with van der Waals surface area (Å²) >= 11 is 0. The molecule has 0 atom stereocenters. The van der Waals surface area contributed by atoms with E-state index in [1.807, 2.05) is 0 Å². The maximum absolute atomic E-state index is 11.9. The van der Waals surface area contributed by atoms with Crippen LogP contribution in [0.3, 0.4) is 0 Å². The fourth-order valence-electron chi connectivity index (χ4n) is 3.03. The maximum atomic E-state index is 11.9. The second kappa shape index (κ2) is 16.6. The van der Waals surface area contributed by atoms with Gasteiger partial charge in [-0.1, -0.05) is 33.1 Å². The van der Waals surface area contributed by atoms with Crippen molar-refractivity contribution in [2.75, 3.05) is 39.9 Å². The Labute approximate surface area is 176 Å². The number of carbonyl (C=O) groups is 1. The van der Waals surface area contributed by atoms with Gasteiger partial charge in [0.1, 0.15) is 0 Å². The summed E-state index contributed by atoms with van der Waals surface area (Å²) in [7, 11) is 1.76. The summed E-state index contributed by atoms with van der Waals surface area (Å²) < 4.78 is 5.55. The Morgan fingerprint density at radius 3 is 2.38 bits per heavy atom. The molecule has 0 aromatic heterocycles. The molecule has 6 nitrogen and oxygen atoms in total. The van der Waals surface area contributed by atoms with E-state index in [0.29, 0.717) is 31.3 Å². The van der Waals surface area contributed by atoms with E-state index in [2.05, 4.69) is 34.8 Å². The molecular formula is C19H39IN4O2. The Hall–Kier alpha value is -0.570. The molecule has 0 aliphatic heterocycles. The van der Waals surface area contributed by atoms with Gasteiger partial charge in [-0.3, -0.25) is 9.79 Å². The van der Waals surface area contributed by atoms with E-state index in [-0.39, 0.29) is 29.9 Å². The Bertz CT molecular complexity index is 386. The highest BCUT2D eigenvalue weighted by atomic mass is 127. The summed E-state index contributed by atoms with van der Waals surface area (Å²) in [5.41, 5.74) is 0. The summed E-state index contributed by atoms with van der Waals surface area (Å²) in [6.45, 7) is 8.01. The van der Waals surface area contributed by atoms with Crippen LogP contribution in [0.5, 0.6) is 0 Å². The standard InChI is InChI=1S/C19H38N4O2.HI/c1-16(2)15-25-13-7-10-22-19(20-3)23-12-11-21-18(24)14-17-8-5-4-6-9-17;/h16-17H,4-15H2,1-3H3,(H,21,24)(H2,20,22,23);1H. The zero-order chi connectivity index (χ0) is 18.3. The number of carbonyl (C=O) groups excluding carboxylic acids is 1. The number of amides is 1. The highest BCUT2D eigenvalue weighted by molar-refractivity contribution is 14.0. The molecule has 0 heterocycles. The summed E-state index contributed by atoms with van der Waals surface area (Å²) in [4.78, 5) is 16.1. The predicted molar refractivity (Wildman–Crippen MR) is 119 cm³/mol. The number of ether oxygens (including phenoxy) is 1. The summed E-state index contributed by atoms with van der Waals surface area (Å²) in [6, 6.07) is 0. The van der Waals surface area contributed by atoms with E-state index in [4.69, 9.17) is 4.74 Å². The van der Waals surface area contributed by atoms with E-state index in [9.17, 15) is 4.79 Å². The number of nitrogens with zero attached hydrogens (tertiary/aromatic N) is 1. The number of nitrogens with one attached hydrogen (secondary N) is 3. The Morgan fingerprint density at radius 1 is 1.08 bits per heavy atom. The molecule has 0 aromatic carbocycles. The third kappa shape index (κ3) is 13.6. The first-order valence-corrected chi connectivity index (χ1v) is 9.90. The minimum absolute atomic E-state index is 0. The van der Waals surface area contributed by atoms with Crippen molar-refractivity contribution in [2.45, 2.75) is 58.8 Å². The van der Waals surface area contributed by atoms with Crippen molar-refractivity contribution < 1.29 is 9.53 Å². The molecule has 26 heavy (non-hydrogen) atoms. The average molecular weight is 482 g/mol. The van der Waals surface area contributed by atoms with E-state index < -0.39 is 0 Å². The number of hydrogen-bond donors (Lipinski definition) is 3. The molecule has 3 N–H and O–H groups in total. The van der Waals surface area contributed by atoms with Gasteiger partial charge in [-0.2, -0.15) is 0 Å². The minimum atomic E-state index is 0. The summed E-state index contributed by atoms with van der Waals surface area (Å²) in [6.07, 6.45) is 7.95. The molecule has 0 aromatic rings. The van der Waals surface area contributed by atoms with Gasteiger partial charge in [-0.05, 0) is 31.1 Å². The van der Waals surface area contributed by atoms with Crippen molar-refractivity contribution in [1.29, 1.82) is 0 Å². The zero-order valence-electron chi connectivity index (χ0n) is 16.8. The Balaban J connectivity index is 0.00000625. The first kappa shape index (κ1) is 25.4. The fraction of sp³-hybridized carbons (Fsp3) is 0.895. The molecular weight excluding hydrogens is 443 g/mol. The summed E-state index contributed by atoms with van der Waals surface area (Å²) in [5, 5.41) is 9.48. The topological polar surface area (TPSA) is 74.8 Å². The van der Waals surface area contributed by atoms with Crippen molar-refractivity contribution >= 4 is 35.8 Å². The highest BCUT2D eigenvalue weighted by Gasteiger charge is 2.16. The lowest BCUT2D eigenvalue weighted by Gasteiger charge is -2.20. The molecule has 7 heteroatoms. The van der Waals surface area contributed by atoms with Crippen molar-refractivity contribution in [3.63, 3.8) is 0 Å². The number of aliphatic imine (C=N–C) groups is 1. The highest BCUT2D eigenvalue weighted by Crippen LogP contribution is 2.25. The van der Waals surface area contributed by atoms with Crippen LogP contribution in [0.1, 0.15) is 58.8 Å². The van der Waals surface area contributed by atoms with Gasteiger partial charge in [-0.25, -0.2) is 0 Å². The SMILES string of the molecule is CN=C(NCCCOCC(C)C)NCCNC(=O)CC1CCCCC1.I. The first-order valence-electron chi connectivity index (χ1n) is 9.90. The first-order chi connectivity index (χ1) is 12.1. The van der Waals surface area contributed by atoms with Crippen LogP contribution < -0.4 is 16.0 Å². The smallest absolute Gasteiger partial charge is 0.220 e. The van der Waals surface area contributed by atoms with Crippen LogP contribution in [-0.2, 0) is 9.53 Å². The lowest BCUT2D eigenvalue weighted by molar-refractivity contribution is -0.122. The number of hydrogen-bond acceptors (Lipinski definition) is 3. The number of halogens is 1.